The lowest BCUT2D eigenvalue weighted by Gasteiger charge is -2.08. The molecule has 0 fully saturated rings. The van der Waals surface area contributed by atoms with E-state index in [1.54, 1.807) is 32.0 Å². The number of carbonyl (C=O) groups excluding carboxylic acids is 3. The van der Waals surface area contributed by atoms with Gasteiger partial charge in [0.05, 0.1) is 17.9 Å². The minimum Gasteiger partial charge on any atom is -0.507 e. The number of hydrazone groups is 1. The van der Waals surface area contributed by atoms with Crippen molar-refractivity contribution in [3.8, 4) is 5.75 Å². The molecule has 0 aliphatic heterocycles. The largest absolute Gasteiger partial charge is 0.507 e. The van der Waals surface area contributed by atoms with Crippen LogP contribution in [0.1, 0.15) is 46.6 Å². The van der Waals surface area contributed by atoms with Gasteiger partial charge in [0.15, 0.2) is 0 Å². The Hall–Kier alpha value is -3.20. The number of para-hydroxylation sites is 1. The van der Waals surface area contributed by atoms with Crippen molar-refractivity contribution >= 4 is 39.8 Å². The van der Waals surface area contributed by atoms with E-state index in [0.717, 1.165) is 29.7 Å². The van der Waals surface area contributed by atoms with Crippen molar-refractivity contribution in [3.63, 3.8) is 0 Å². The van der Waals surface area contributed by atoms with Crippen LogP contribution in [0.4, 0.5) is 5.00 Å². The third-order valence-corrected chi connectivity index (χ3v) is 5.66. The molecule has 3 rings (SSSR count). The van der Waals surface area contributed by atoms with E-state index in [1.165, 1.54) is 17.4 Å². The lowest BCUT2D eigenvalue weighted by Crippen LogP contribution is -2.33. The van der Waals surface area contributed by atoms with Crippen molar-refractivity contribution in [2.45, 2.75) is 33.1 Å². The van der Waals surface area contributed by atoms with Gasteiger partial charge in [-0.3, -0.25) is 9.59 Å². The van der Waals surface area contributed by atoms with E-state index in [4.69, 9.17) is 4.74 Å². The Morgan fingerprint density at radius 2 is 1.97 bits per heavy atom. The summed E-state index contributed by atoms with van der Waals surface area (Å²) in [5.41, 5.74) is 4.16. The van der Waals surface area contributed by atoms with E-state index in [2.05, 4.69) is 15.8 Å². The van der Waals surface area contributed by atoms with Crippen LogP contribution >= 0.6 is 11.3 Å². The fourth-order valence-electron chi connectivity index (χ4n) is 3.10. The second-order valence-corrected chi connectivity index (χ2v) is 7.50. The highest BCUT2D eigenvalue weighted by Crippen LogP contribution is 2.39. The third-order valence-electron chi connectivity index (χ3n) is 4.45. The normalized spacial score (nSPS) is 13.0. The first-order chi connectivity index (χ1) is 13.9. The van der Waals surface area contributed by atoms with Crippen LogP contribution in [0.15, 0.2) is 29.4 Å². The first kappa shape index (κ1) is 20.5. The topological polar surface area (TPSA) is 117 Å². The van der Waals surface area contributed by atoms with Crippen molar-refractivity contribution < 1.29 is 24.2 Å². The number of ether oxygens (including phenoxy) is 1. The number of fused-ring (bicyclic) bond motifs is 1. The number of aryl methyl sites for hydroxylation is 1. The summed E-state index contributed by atoms with van der Waals surface area (Å²) in [5.74, 6) is -2.41. The van der Waals surface area contributed by atoms with Gasteiger partial charge in [-0.05, 0) is 50.8 Å². The fraction of sp³-hybridized carbons (Fsp3) is 0.300. The summed E-state index contributed by atoms with van der Waals surface area (Å²) in [7, 11) is 0. The summed E-state index contributed by atoms with van der Waals surface area (Å²) in [6.07, 6.45) is 2.52. The number of anilines is 1. The number of rotatable bonds is 5. The van der Waals surface area contributed by atoms with E-state index < -0.39 is 17.8 Å². The van der Waals surface area contributed by atoms with E-state index in [9.17, 15) is 19.5 Å². The van der Waals surface area contributed by atoms with Gasteiger partial charge in [0.2, 0.25) is 0 Å². The van der Waals surface area contributed by atoms with E-state index in [-0.39, 0.29) is 12.4 Å². The molecule has 0 spiro atoms. The quantitative estimate of drug-likeness (QED) is 0.300. The molecule has 9 heteroatoms. The van der Waals surface area contributed by atoms with E-state index in [1.807, 2.05) is 0 Å². The van der Waals surface area contributed by atoms with Crippen LogP contribution in [0.3, 0.4) is 0 Å². The minimum absolute atomic E-state index is 0.0135. The molecule has 2 amide bonds. The van der Waals surface area contributed by atoms with E-state index in [0.29, 0.717) is 21.8 Å². The monoisotopic (exact) mass is 415 g/mol. The van der Waals surface area contributed by atoms with Gasteiger partial charge in [0.25, 0.3) is 0 Å². The number of amides is 2. The van der Waals surface area contributed by atoms with Crippen molar-refractivity contribution in [1.82, 2.24) is 5.43 Å². The second kappa shape index (κ2) is 8.87. The average Bonchev–Trinajstić information content (AvgIpc) is 3.26. The highest BCUT2D eigenvalue weighted by atomic mass is 32.1. The lowest BCUT2D eigenvalue weighted by molar-refractivity contribution is -0.136. The van der Waals surface area contributed by atoms with Crippen LogP contribution in [-0.4, -0.2) is 35.2 Å². The zero-order valence-corrected chi connectivity index (χ0v) is 16.9. The van der Waals surface area contributed by atoms with Crippen molar-refractivity contribution in [3.05, 3.63) is 45.8 Å². The molecule has 0 saturated heterocycles. The Labute approximate surface area is 171 Å². The molecule has 1 aromatic heterocycles. The lowest BCUT2D eigenvalue weighted by atomic mass is 10.1. The minimum atomic E-state index is -0.983. The van der Waals surface area contributed by atoms with Crippen LogP contribution in [0.25, 0.3) is 0 Å². The maximum Gasteiger partial charge on any atom is 0.341 e. The summed E-state index contributed by atoms with van der Waals surface area (Å²) >= 11 is 1.29. The number of carbonyl (C=O) groups is 3. The number of nitrogens with one attached hydrogen (secondary N) is 2. The average molecular weight is 415 g/mol. The number of benzene rings is 1. The number of aromatic hydroxyl groups is 1. The molecular weight excluding hydrogens is 394 g/mol. The predicted octanol–water partition coefficient (Wildman–Crippen LogP) is 2.60. The van der Waals surface area contributed by atoms with Crippen molar-refractivity contribution in [2.75, 3.05) is 11.9 Å². The molecule has 0 unspecified atom stereocenters. The van der Waals surface area contributed by atoms with Gasteiger partial charge in [-0.25, -0.2) is 10.2 Å². The molecule has 2 aromatic rings. The van der Waals surface area contributed by atoms with Gasteiger partial charge in [-0.15, -0.1) is 11.3 Å². The Balaban J connectivity index is 1.72. The Kier molecular flexibility index (Phi) is 6.28. The van der Waals surface area contributed by atoms with Gasteiger partial charge >= 0.3 is 17.8 Å². The third kappa shape index (κ3) is 4.45. The molecule has 1 aliphatic rings. The summed E-state index contributed by atoms with van der Waals surface area (Å²) in [6.45, 7) is 3.52. The second-order valence-electron chi connectivity index (χ2n) is 6.39. The van der Waals surface area contributed by atoms with Crippen LogP contribution in [0.5, 0.6) is 5.75 Å². The standard InChI is InChI=1S/C20H21N3O5S/c1-3-28-20(27)16-13-8-6-10-15(13)29-19(16)21-17(25)18(26)23-22-11(2)12-7-4-5-9-14(12)24/h4-5,7,9,24H,3,6,8,10H2,1-2H3,(H,21,25)(H,23,26)/b22-11+. The van der Waals surface area contributed by atoms with Crippen LogP contribution < -0.4 is 10.7 Å². The first-order valence-electron chi connectivity index (χ1n) is 9.18. The molecule has 0 radical (unpaired) electrons. The molecule has 3 N–H and O–H groups in total. The molecule has 1 aliphatic carbocycles. The predicted molar refractivity (Wildman–Crippen MR) is 109 cm³/mol. The number of hydrogen-bond acceptors (Lipinski definition) is 7. The van der Waals surface area contributed by atoms with Gasteiger partial charge in [0, 0.05) is 10.4 Å². The summed E-state index contributed by atoms with van der Waals surface area (Å²) < 4.78 is 5.10. The molecule has 1 heterocycles. The van der Waals surface area contributed by atoms with Gasteiger partial charge in [-0.2, -0.15) is 5.10 Å². The SMILES string of the molecule is CCOC(=O)c1c(NC(=O)C(=O)N/N=C(\C)c2ccccc2O)sc2c1CCC2. The summed E-state index contributed by atoms with van der Waals surface area (Å²) in [4.78, 5) is 37.8. The number of nitrogens with zero attached hydrogens (tertiary/aromatic N) is 1. The molecular formula is C20H21N3O5S. The molecule has 0 saturated carbocycles. The molecule has 0 bridgehead atoms. The zero-order valence-electron chi connectivity index (χ0n) is 16.1. The Morgan fingerprint density at radius 3 is 2.69 bits per heavy atom. The number of phenolic OH excluding ortho intramolecular Hbond substituents is 1. The van der Waals surface area contributed by atoms with Crippen molar-refractivity contribution in [2.24, 2.45) is 5.10 Å². The fourth-order valence-corrected chi connectivity index (χ4v) is 4.37. The highest BCUT2D eigenvalue weighted by Gasteiger charge is 2.29. The van der Waals surface area contributed by atoms with Crippen LogP contribution in [0, 0.1) is 0 Å². The number of phenols is 1. The Bertz CT molecular complexity index is 996. The number of hydrogen-bond donors (Lipinski definition) is 3. The summed E-state index contributed by atoms with van der Waals surface area (Å²) in [5, 5.41) is 16.5. The van der Waals surface area contributed by atoms with Gasteiger partial charge in [0.1, 0.15) is 10.8 Å². The highest BCUT2D eigenvalue weighted by molar-refractivity contribution is 7.17. The smallest absolute Gasteiger partial charge is 0.341 e. The van der Waals surface area contributed by atoms with Crippen LogP contribution in [0.2, 0.25) is 0 Å². The molecule has 29 heavy (non-hydrogen) atoms. The van der Waals surface area contributed by atoms with Crippen LogP contribution in [-0.2, 0) is 27.2 Å². The van der Waals surface area contributed by atoms with E-state index >= 15 is 0 Å². The zero-order chi connectivity index (χ0) is 21.0. The molecule has 1 aromatic carbocycles. The maximum atomic E-state index is 12.3. The molecule has 8 nitrogen and oxygen atoms in total. The Morgan fingerprint density at radius 1 is 1.21 bits per heavy atom. The molecule has 152 valence electrons. The first-order valence-corrected chi connectivity index (χ1v) is 9.99. The number of thiophene rings is 1. The molecule has 0 atom stereocenters. The van der Waals surface area contributed by atoms with Gasteiger partial charge < -0.3 is 15.2 Å². The van der Waals surface area contributed by atoms with Gasteiger partial charge in [-0.1, -0.05) is 12.1 Å². The van der Waals surface area contributed by atoms with Crippen molar-refractivity contribution in [1.29, 1.82) is 0 Å². The summed E-state index contributed by atoms with van der Waals surface area (Å²) in [6, 6.07) is 6.52. The number of esters is 1. The maximum absolute atomic E-state index is 12.3.